The van der Waals surface area contributed by atoms with E-state index in [1.54, 1.807) is 72.8 Å². The molecule has 182 valence electrons. The highest BCUT2D eigenvalue weighted by Crippen LogP contribution is 2.24. The number of imide groups is 2. The lowest BCUT2D eigenvalue weighted by molar-refractivity contribution is 0.0631. The molecule has 0 atom stereocenters. The minimum atomic E-state index is -0.407. The summed E-state index contributed by atoms with van der Waals surface area (Å²) in [5.41, 5.74) is 1.54. The highest BCUT2D eigenvalue weighted by molar-refractivity contribution is 6.22. The zero-order valence-corrected chi connectivity index (χ0v) is 19.6. The number of hydrogen-bond donors (Lipinski definition) is 0. The van der Waals surface area contributed by atoms with Crippen LogP contribution in [-0.4, -0.2) is 56.1 Å². The van der Waals surface area contributed by atoms with E-state index in [0.29, 0.717) is 39.0 Å². The molecule has 0 saturated carbocycles. The normalized spacial score (nSPS) is 14.6. The van der Waals surface area contributed by atoms with E-state index in [4.69, 9.17) is 0 Å². The van der Waals surface area contributed by atoms with Gasteiger partial charge in [-0.05, 0) is 36.4 Å². The maximum Gasteiger partial charge on any atom is 0.261 e. The van der Waals surface area contributed by atoms with Crippen molar-refractivity contribution in [1.82, 2.24) is 19.4 Å². The summed E-state index contributed by atoms with van der Waals surface area (Å²) in [6, 6.07) is 20.1. The fourth-order valence-corrected chi connectivity index (χ4v) is 4.93. The third-order valence-electron chi connectivity index (χ3n) is 6.80. The van der Waals surface area contributed by atoms with Crippen molar-refractivity contribution < 1.29 is 19.2 Å². The Labute approximate surface area is 210 Å². The predicted octanol–water partition coefficient (Wildman–Crippen LogP) is 2.53. The summed E-state index contributed by atoms with van der Waals surface area (Å²) in [6.07, 6.45) is 0.133. The summed E-state index contributed by atoms with van der Waals surface area (Å²) >= 11 is 0. The minimum Gasteiger partial charge on any atom is -0.294 e. The van der Waals surface area contributed by atoms with E-state index in [-0.39, 0.29) is 43.4 Å². The molecule has 6 rings (SSSR count). The SMILES string of the molecule is O=C1c2ccccc2C(=O)N1CCc1nc2ccccc2c(=O)n1CCN1C(=O)c2ccccc2C1=O. The smallest absolute Gasteiger partial charge is 0.261 e. The molecule has 0 bridgehead atoms. The van der Waals surface area contributed by atoms with Gasteiger partial charge in [0.1, 0.15) is 5.82 Å². The van der Waals surface area contributed by atoms with Crippen LogP contribution in [0.4, 0.5) is 0 Å². The van der Waals surface area contributed by atoms with Gasteiger partial charge < -0.3 is 0 Å². The van der Waals surface area contributed by atoms with Crippen molar-refractivity contribution in [2.24, 2.45) is 0 Å². The summed E-state index contributed by atoms with van der Waals surface area (Å²) in [4.78, 5) is 71.6. The number of hydrogen-bond acceptors (Lipinski definition) is 6. The number of rotatable bonds is 6. The van der Waals surface area contributed by atoms with E-state index in [9.17, 15) is 24.0 Å². The fraction of sp³-hybridized carbons (Fsp3) is 0.143. The van der Waals surface area contributed by atoms with Gasteiger partial charge in [-0.1, -0.05) is 36.4 Å². The molecule has 4 aromatic rings. The minimum absolute atomic E-state index is 0.0215. The van der Waals surface area contributed by atoms with Gasteiger partial charge in [-0.15, -0.1) is 0 Å². The number of carbonyl (C=O) groups excluding carboxylic acids is 4. The average molecular weight is 492 g/mol. The van der Waals surface area contributed by atoms with Crippen molar-refractivity contribution in [2.45, 2.75) is 13.0 Å². The van der Waals surface area contributed by atoms with Crippen LogP contribution in [0.1, 0.15) is 47.3 Å². The Morgan fingerprint density at radius 3 is 1.54 bits per heavy atom. The first kappa shape index (κ1) is 22.5. The number of fused-ring (bicyclic) bond motifs is 3. The van der Waals surface area contributed by atoms with Gasteiger partial charge in [0.05, 0.1) is 33.2 Å². The van der Waals surface area contributed by atoms with Crippen LogP contribution in [0.3, 0.4) is 0 Å². The zero-order chi connectivity index (χ0) is 25.7. The summed E-state index contributed by atoms with van der Waals surface area (Å²) in [7, 11) is 0. The molecule has 3 heterocycles. The van der Waals surface area contributed by atoms with Gasteiger partial charge in [0.15, 0.2) is 0 Å². The summed E-state index contributed by atoms with van der Waals surface area (Å²) in [5.74, 6) is -1.23. The van der Waals surface area contributed by atoms with Crippen LogP contribution in [0.5, 0.6) is 0 Å². The molecule has 0 saturated heterocycles. The van der Waals surface area contributed by atoms with E-state index in [1.165, 1.54) is 4.57 Å². The molecule has 0 aliphatic carbocycles. The second kappa shape index (κ2) is 8.63. The zero-order valence-electron chi connectivity index (χ0n) is 19.6. The molecular formula is C28H20N4O5. The lowest BCUT2D eigenvalue weighted by Gasteiger charge is -2.19. The van der Waals surface area contributed by atoms with Gasteiger partial charge >= 0.3 is 0 Å². The van der Waals surface area contributed by atoms with Gasteiger partial charge in [0.25, 0.3) is 29.2 Å². The van der Waals surface area contributed by atoms with Gasteiger partial charge in [-0.2, -0.15) is 0 Å². The summed E-state index contributed by atoms with van der Waals surface area (Å²) in [5, 5.41) is 0.398. The monoisotopic (exact) mass is 492 g/mol. The van der Waals surface area contributed by atoms with Gasteiger partial charge in [-0.25, -0.2) is 4.98 Å². The Morgan fingerprint density at radius 2 is 1.00 bits per heavy atom. The summed E-state index contributed by atoms with van der Waals surface area (Å²) in [6.45, 7) is 0.0377. The first-order chi connectivity index (χ1) is 18.0. The predicted molar refractivity (Wildman–Crippen MR) is 133 cm³/mol. The van der Waals surface area contributed by atoms with E-state index < -0.39 is 11.8 Å². The van der Waals surface area contributed by atoms with Crippen molar-refractivity contribution >= 4 is 34.5 Å². The molecule has 1 aromatic heterocycles. The molecule has 0 fully saturated rings. The number of aromatic nitrogens is 2. The van der Waals surface area contributed by atoms with Crippen molar-refractivity contribution in [3.8, 4) is 0 Å². The highest BCUT2D eigenvalue weighted by atomic mass is 16.2. The molecule has 0 N–H and O–H groups in total. The van der Waals surface area contributed by atoms with Crippen LogP contribution in [0.15, 0.2) is 77.6 Å². The van der Waals surface area contributed by atoms with E-state index in [1.807, 2.05) is 0 Å². The van der Waals surface area contributed by atoms with Gasteiger partial charge in [0.2, 0.25) is 0 Å². The highest BCUT2D eigenvalue weighted by Gasteiger charge is 2.36. The molecule has 9 heteroatoms. The standard InChI is InChI=1S/C28H20N4O5/c33-24-17-7-1-2-8-18(17)25(34)31(24)14-13-23-29-22-12-6-5-11-21(22)28(37)30(23)15-16-32-26(35)19-9-3-4-10-20(19)27(32)36/h1-12H,13-16H2. The number of nitrogens with zero attached hydrogens (tertiary/aromatic N) is 4. The van der Waals surface area contributed by atoms with Crippen LogP contribution >= 0.6 is 0 Å². The largest absolute Gasteiger partial charge is 0.294 e. The number of benzene rings is 3. The third kappa shape index (κ3) is 3.55. The van der Waals surface area contributed by atoms with E-state index in [0.717, 1.165) is 9.80 Å². The van der Waals surface area contributed by atoms with Crippen LogP contribution in [0.2, 0.25) is 0 Å². The van der Waals surface area contributed by atoms with Crippen molar-refractivity contribution in [1.29, 1.82) is 0 Å². The van der Waals surface area contributed by atoms with Crippen molar-refractivity contribution in [3.63, 3.8) is 0 Å². The molecule has 9 nitrogen and oxygen atoms in total. The maximum absolute atomic E-state index is 13.4. The Kier molecular flexibility index (Phi) is 5.26. The van der Waals surface area contributed by atoms with Crippen molar-refractivity contribution in [3.05, 3.63) is 111 Å². The van der Waals surface area contributed by atoms with Crippen LogP contribution in [0.25, 0.3) is 10.9 Å². The molecular weight excluding hydrogens is 472 g/mol. The van der Waals surface area contributed by atoms with Crippen LogP contribution in [-0.2, 0) is 13.0 Å². The van der Waals surface area contributed by atoms with Gasteiger partial charge in [0, 0.05) is 26.1 Å². The number of amides is 4. The molecule has 3 aromatic carbocycles. The molecule has 0 spiro atoms. The van der Waals surface area contributed by atoms with E-state index >= 15 is 0 Å². The number of para-hydroxylation sites is 1. The lowest BCUT2D eigenvalue weighted by atomic mass is 10.1. The third-order valence-corrected chi connectivity index (χ3v) is 6.80. The Hall–Kier alpha value is -4.92. The Bertz CT molecular complexity index is 1640. The average Bonchev–Trinajstić information content (AvgIpc) is 3.31. The fourth-order valence-electron chi connectivity index (χ4n) is 4.93. The Balaban J connectivity index is 1.30. The Morgan fingerprint density at radius 1 is 0.541 bits per heavy atom. The quantitative estimate of drug-likeness (QED) is 0.383. The summed E-state index contributed by atoms with van der Waals surface area (Å²) < 4.78 is 1.42. The first-order valence-corrected chi connectivity index (χ1v) is 11.8. The molecule has 37 heavy (non-hydrogen) atoms. The first-order valence-electron chi connectivity index (χ1n) is 11.8. The maximum atomic E-state index is 13.4. The molecule has 0 unspecified atom stereocenters. The van der Waals surface area contributed by atoms with Gasteiger partial charge in [-0.3, -0.25) is 38.3 Å². The van der Waals surface area contributed by atoms with Crippen LogP contribution in [0, 0.1) is 0 Å². The lowest BCUT2D eigenvalue weighted by Crippen LogP contribution is -2.37. The molecule has 2 aliphatic heterocycles. The van der Waals surface area contributed by atoms with Crippen molar-refractivity contribution in [2.75, 3.05) is 13.1 Å². The second-order valence-corrected chi connectivity index (χ2v) is 8.87. The molecule has 2 aliphatic rings. The van der Waals surface area contributed by atoms with Crippen LogP contribution < -0.4 is 5.56 Å². The topological polar surface area (TPSA) is 110 Å². The van der Waals surface area contributed by atoms with E-state index in [2.05, 4.69) is 4.98 Å². The molecule has 4 amide bonds. The second-order valence-electron chi connectivity index (χ2n) is 8.87. The number of carbonyl (C=O) groups is 4. The molecule has 0 radical (unpaired) electrons.